The number of ketones is 1. The van der Waals surface area contributed by atoms with Gasteiger partial charge in [0.2, 0.25) is 5.78 Å². The highest BCUT2D eigenvalue weighted by Gasteiger charge is 2.13. The Bertz CT molecular complexity index is 611. The minimum absolute atomic E-state index is 0.134. The van der Waals surface area contributed by atoms with Crippen LogP contribution in [0.25, 0.3) is 0 Å². The average molecular weight is 266 g/mol. The van der Waals surface area contributed by atoms with Gasteiger partial charge in [-0.1, -0.05) is 12.1 Å². The Hall–Kier alpha value is -2.30. The molecule has 0 spiro atoms. The number of benzene rings is 2. The van der Waals surface area contributed by atoms with Crippen molar-refractivity contribution in [2.45, 2.75) is 0 Å². The van der Waals surface area contributed by atoms with Crippen molar-refractivity contribution in [3.05, 3.63) is 65.5 Å². The summed E-state index contributed by atoms with van der Waals surface area (Å²) >= 11 is 0. The van der Waals surface area contributed by atoms with Gasteiger partial charge in [0.1, 0.15) is 11.6 Å². The van der Waals surface area contributed by atoms with Gasteiger partial charge in [0.25, 0.3) is 0 Å². The van der Waals surface area contributed by atoms with E-state index in [0.717, 1.165) is 18.2 Å². The van der Waals surface area contributed by atoms with Crippen molar-refractivity contribution in [1.82, 2.24) is 0 Å². The van der Waals surface area contributed by atoms with Crippen LogP contribution in [0.1, 0.15) is 10.4 Å². The van der Waals surface area contributed by atoms with Crippen molar-refractivity contribution >= 4 is 5.78 Å². The van der Waals surface area contributed by atoms with Crippen molar-refractivity contribution in [2.75, 3.05) is 6.61 Å². The summed E-state index contributed by atoms with van der Waals surface area (Å²) in [5.41, 5.74) is -0.134. The molecular formula is C14H9F3O2. The molecule has 0 saturated heterocycles. The second-order valence-corrected chi connectivity index (χ2v) is 3.77. The third-order valence-corrected chi connectivity index (χ3v) is 2.43. The molecule has 0 heterocycles. The first-order chi connectivity index (χ1) is 9.08. The van der Waals surface area contributed by atoms with E-state index in [9.17, 15) is 18.0 Å². The molecule has 2 nitrogen and oxygen atoms in total. The van der Waals surface area contributed by atoms with Crippen LogP contribution in [0.2, 0.25) is 0 Å². The summed E-state index contributed by atoms with van der Waals surface area (Å²) < 4.78 is 44.1. The van der Waals surface area contributed by atoms with Crippen molar-refractivity contribution < 1.29 is 22.7 Å². The molecule has 2 aromatic rings. The van der Waals surface area contributed by atoms with E-state index in [-0.39, 0.29) is 11.3 Å². The second kappa shape index (κ2) is 5.56. The smallest absolute Gasteiger partial charge is 0.203 e. The van der Waals surface area contributed by atoms with Crippen LogP contribution in [-0.4, -0.2) is 12.4 Å². The lowest BCUT2D eigenvalue weighted by Gasteiger charge is -2.07. The molecule has 0 aromatic heterocycles. The van der Waals surface area contributed by atoms with Gasteiger partial charge in [-0.3, -0.25) is 4.79 Å². The van der Waals surface area contributed by atoms with Gasteiger partial charge in [0.15, 0.2) is 18.2 Å². The number of ether oxygens (including phenoxy) is 1. The van der Waals surface area contributed by atoms with E-state index in [1.165, 1.54) is 18.2 Å². The van der Waals surface area contributed by atoms with E-state index in [0.29, 0.717) is 6.07 Å². The Morgan fingerprint density at radius 3 is 2.42 bits per heavy atom. The maximum Gasteiger partial charge on any atom is 0.203 e. The molecule has 2 rings (SSSR count). The van der Waals surface area contributed by atoms with Gasteiger partial charge in [0, 0.05) is 6.07 Å². The Balaban J connectivity index is 2.07. The molecular weight excluding hydrogens is 257 g/mol. The molecule has 0 N–H and O–H groups in total. The summed E-state index contributed by atoms with van der Waals surface area (Å²) in [7, 11) is 0. The van der Waals surface area contributed by atoms with Gasteiger partial charge >= 0.3 is 0 Å². The van der Waals surface area contributed by atoms with Crippen molar-refractivity contribution in [2.24, 2.45) is 0 Å². The van der Waals surface area contributed by atoms with Crippen LogP contribution in [-0.2, 0) is 0 Å². The Morgan fingerprint density at radius 1 is 1.00 bits per heavy atom. The zero-order valence-corrected chi connectivity index (χ0v) is 9.70. The van der Waals surface area contributed by atoms with Crippen LogP contribution in [0.4, 0.5) is 13.2 Å². The second-order valence-electron chi connectivity index (χ2n) is 3.77. The van der Waals surface area contributed by atoms with Crippen LogP contribution in [0.3, 0.4) is 0 Å². The average Bonchev–Trinajstić information content (AvgIpc) is 2.38. The first-order valence-corrected chi connectivity index (χ1v) is 5.43. The number of Topliss-reactive ketones (excluding diaryl/α,β-unsaturated/α-hetero) is 1. The molecule has 0 amide bonds. The summed E-state index contributed by atoms with van der Waals surface area (Å²) in [6.45, 7) is -0.524. The summed E-state index contributed by atoms with van der Waals surface area (Å²) in [6.07, 6.45) is 0. The molecule has 0 atom stereocenters. The molecule has 5 heteroatoms. The molecule has 0 unspecified atom stereocenters. The van der Waals surface area contributed by atoms with Gasteiger partial charge < -0.3 is 4.74 Å². The topological polar surface area (TPSA) is 26.3 Å². The lowest BCUT2D eigenvalue weighted by molar-refractivity contribution is 0.0914. The molecule has 98 valence electrons. The van der Waals surface area contributed by atoms with Crippen LogP contribution in [0, 0.1) is 17.5 Å². The largest absolute Gasteiger partial charge is 0.482 e. The first kappa shape index (κ1) is 13.1. The zero-order chi connectivity index (χ0) is 13.8. The maximum absolute atomic E-state index is 13.3. The highest BCUT2D eigenvalue weighted by Crippen LogP contribution is 2.18. The highest BCUT2D eigenvalue weighted by molar-refractivity contribution is 5.97. The number of carbonyl (C=O) groups is 1. The van der Waals surface area contributed by atoms with Crippen molar-refractivity contribution in [3.8, 4) is 5.75 Å². The van der Waals surface area contributed by atoms with E-state index in [1.54, 1.807) is 0 Å². The monoisotopic (exact) mass is 266 g/mol. The van der Waals surface area contributed by atoms with Crippen molar-refractivity contribution in [3.63, 3.8) is 0 Å². The molecule has 0 aliphatic rings. The maximum atomic E-state index is 13.3. The molecule has 0 bridgehead atoms. The number of rotatable bonds is 4. The zero-order valence-electron chi connectivity index (χ0n) is 9.70. The van der Waals surface area contributed by atoms with Gasteiger partial charge in [-0.2, -0.15) is 0 Å². The predicted octanol–water partition coefficient (Wildman–Crippen LogP) is 3.37. The normalized spacial score (nSPS) is 10.3. The van der Waals surface area contributed by atoms with E-state index in [2.05, 4.69) is 0 Å². The first-order valence-electron chi connectivity index (χ1n) is 5.43. The van der Waals surface area contributed by atoms with Gasteiger partial charge in [0.05, 0.1) is 5.56 Å². The van der Waals surface area contributed by atoms with Gasteiger partial charge in [-0.05, 0) is 24.3 Å². The number of hydrogen-bond acceptors (Lipinski definition) is 2. The van der Waals surface area contributed by atoms with E-state index >= 15 is 0 Å². The summed E-state index contributed by atoms with van der Waals surface area (Å²) in [5.74, 6) is -3.21. The summed E-state index contributed by atoms with van der Waals surface area (Å²) in [5, 5.41) is 0. The fraction of sp³-hybridized carbons (Fsp3) is 0.0714. The van der Waals surface area contributed by atoms with Gasteiger partial charge in [-0.15, -0.1) is 0 Å². The molecule has 0 saturated carbocycles. The predicted molar refractivity (Wildman–Crippen MR) is 62.6 cm³/mol. The summed E-state index contributed by atoms with van der Waals surface area (Å²) in [6, 6.07) is 8.13. The third-order valence-electron chi connectivity index (χ3n) is 2.43. The number of hydrogen-bond donors (Lipinski definition) is 0. The molecule has 19 heavy (non-hydrogen) atoms. The number of halogens is 3. The summed E-state index contributed by atoms with van der Waals surface area (Å²) in [4.78, 5) is 11.7. The van der Waals surface area contributed by atoms with E-state index in [4.69, 9.17) is 4.74 Å². The molecule has 2 aromatic carbocycles. The van der Waals surface area contributed by atoms with Gasteiger partial charge in [-0.25, -0.2) is 13.2 Å². The van der Waals surface area contributed by atoms with E-state index < -0.39 is 29.8 Å². The Morgan fingerprint density at radius 2 is 1.74 bits per heavy atom. The fourth-order valence-electron chi connectivity index (χ4n) is 1.50. The van der Waals surface area contributed by atoms with Crippen LogP contribution in [0.5, 0.6) is 5.75 Å². The van der Waals surface area contributed by atoms with Crippen LogP contribution >= 0.6 is 0 Å². The molecule has 0 aliphatic heterocycles. The Labute approximate surface area is 107 Å². The SMILES string of the molecule is O=C(COc1ccc(F)cc1F)c1ccccc1F. The molecule has 0 radical (unpaired) electrons. The fourth-order valence-corrected chi connectivity index (χ4v) is 1.50. The van der Waals surface area contributed by atoms with E-state index in [1.807, 2.05) is 0 Å². The molecule has 0 fully saturated rings. The minimum Gasteiger partial charge on any atom is -0.482 e. The molecule has 0 aliphatic carbocycles. The highest BCUT2D eigenvalue weighted by atomic mass is 19.1. The lowest BCUT2D eigenvalue weighted by Crippen LogP contribution is -2.13. The quantitative estimate of drug-likeness (QED) is 0.793. The minimum atomic E-state index is -0.915. The van der Waals surface area contributed by atoms with Crippen LogP contribution in [0.15, 0.2) is 42.5 Å². The number of carbonyl (C=O) groups excluding carboxylic acids is 1. The van der Waals surface area contributed by atoms with Crippen molar-refractivity contribution in [1.29, 1.82) is 0 Å². The Kier molecular flexibility index (Phi) is 3.85. The van der Waals surface area contributed by atoms with Crippen LogP contribution < -0.4 is 4.74 Å². The standard InChI is InChI=1S/C14H9F3O2/c15-9-5-6-14(12(17)7-9)19-8-13(18)10-3-1-2-4-11(10)16/h1-7H,8H2. The lowest BCUT2D eigenvalue weighted by atomic mass is 10.1. The third kappa shape index (κ3) is 3.13.